The zero-order valence-electron chi connectivity index (χ0n) is 15.1. The Morgan fingerprint density at radius 3 is 2.78 bits per heavy atom. The number of carbonyl (C=O) groups is 2. The molecule has 2 amide bonds. The molecule has 2 fully saturated rings. The standard InChI is InChI=1S/C21H21ClN2O3/c1-27-19-11-13(8-9-18(19)24-10-4-7-20(24)25)23-21(26)16-12-15(16)14-5-2-3-6-17(14)22/h2-3,5-6,8-9,11,15-16H,4,7,10,12H2,1H3,(H,23,26). The summed E-state index contributed by atoms with van der Waals surface area (Å²) in [6.07, 6.45) is 2.21. The fourth-order valence-electron chi connectivity index (χ4n) is 3.72. The summed E-state index contributed by atoms with van der Waals surface area (Å²) in [6, 6.07) is 13.1. The lowest BCUT2D eigenvalue weighted by Gasteiger charge is -2.19. The molecule has 2 unspecified atom stereocenters. The van der Waals surface area contributed by atoms with Gasteiger partial charge in [0.25, 0.3) is 0 Å². The zero-order chi connectivity index (χ0) is 19.0. The first-order valence-electron chi connectivity index (χ1n) is 9.12. The number of rotatable bonds is 5. The van der Waals surface area contributed by atoms with Gasteiger partial charge in [0, 0.05) is 35.7 Å². The highest BCUT2D eigenvalue weighted by Crippen LogP contribution is 2.50. The largest absolute Gasteiger partial charge is 0.494 e. The third-order valence-corrected chi connectivity index (χ3v) is 5.59. The molecule has 1 aliphatic heterocycles. The Kier molecular flexibility index (Phi) is 4.79. The minimum absolute atomic E-state index is 0.0213. The first-order chi connectivity index (χ1) is 13.1. The lowest BCUT2D eigenvalue weighted by Crippen LogP contribution is -2.24. The van der Waals surface area contributed by atoms with Crippen LogP contribution < -0.4 is 15.0 Å². The number of halogens is 1. The van der Waals surface area contributed by atoms with E-state index in [4.69, 9.17) is 16.3 Å². The van der Waals surface area contributed by atoms with Gasteiger partial charge in [-0.1, -0.05) is 29.8 Å². The van der Waals surface area contributed by atoms with E-state index >= 15 is 0 Å². The number of hydrogen-bond acceptors (Lipinski definition) is 3. The van der Waals surface area contributed by atoms with Gasteiger partial charge in [0.1, 0.15) is 5.75 Å². The van der Waals surface area contributed by atoms with Crippen molar-refractivity contribution in [1.29, 1.82) is 0 Å². The zero-order valence-corrected chi connectivity index (χ0v) is 15.8. The summed E-state index contributed by atoms with van der Waals surface area (Å²) >= 11 is 6.24. The van der Waals surface area contributed by atoms with Crippen molar-refractivity contribution in [2.45, 2.75) is 25.2 Å². The van der Waals surface area contributed by atoms with E-state index in [9.17, 15) is 9.59 Å². The predicted octanol–water partition coefficient (Wildman–Crippen LogP) is 4.22. The van der Waals surface area contributed by atoms with Crippen molar-refractivity contribution in [3.8, 4) is 5.75 Å². The molecule has 5 nitrogen and oxygen atoms in total. The third-order valence-electron chi connectivity index (χ3n) is 5.24. The Bertz CT molecular complexity index is 899. The molecule has 4 rings (SSSR count). The molecule has 27 heavy (non-hydrogen) atoms. The van der Waals surface area contributed by atoms with Crippen LogP contribution >= 0.6 is 11.6 Å². The highest BCUT2D eigenvalue weighted by Gasteiger charge is 2.44. The Morgan fingerprint density at radius 2 is 2.07 bits per heavy atom. The van der Waals surface area contributed by atoms with E-state index in [1.807, 2.05) is 36.4 Å². The Hall–Kier alpha value is -2.53. The second kappa shape index (κ2) is 7.24. The molecule has 2 aromatic rings. The maximum Gasteiger partial charge on any atom is 0.228 e. The molecule has 2 aromatic carbocycles. The molecule has 1 saturated carbocycles. The summed E-state index contributed by atoms with van der Waals surface area (Å²) in [5.41, 5.74) is 2.44. The van der Waals surface area contributed by atoms with Crippen LogP contribution in [-0.4, -0.2) is 25.5 Å². The summed E-state index contributed by atoms with van der Waals surface area (Å²) in [6.45, 7) is 0.697. The predicted molar refractivity (Wildman–Crippen MR) is 106 cm³/mol. The number of carbonyl (C=O) groups excluding carboxylic acids is 2. The molecule has 0 aromatic heterocycles. The SMILES string of the molecule is COc1cc(NC(=O)C2CC2c2ccccc2Cl)ccc1N1CCCC1=O. The molecule has 1 saturated heterocycles. The summed E-state index contributed by atoms with van der Waals surface area (Å²) in [5, 5.41) is 3.67. The molecular formula is C21H21ClN2O3. The van der Waals surface area contributed by atoms with Crippen molar-refractivity contribution in [1.82, 2.24) is 0 Å². The van der Waals surface area contributed by atoms with Crippen LogP contribution in [-0.2, 0) is 9.59 Å². The highest BCUT2D eigenvalue weighted by molar-refractivity contribution is 6.31. The number of amides is 2. The van der Waals surface area contributed by atoms with Crippen molar-refractivity contribution in [3.05, 3.63) is 53.1 Å². The average Bonchev–Trinajstić information content (AvgIpc) is 3.36. The van der Waals surface area contributed by atoms with Gasteiger partial charge in [0.05, 0.1) is 12.8 Å². The van der Waals surface area contributed by atoms with Gasteiger partial charge in [-0.2, -0.15) is 0 Å². The van der Waals surface area contributed by atoms with Gasteiger partial charge in [-0.3, -0.25) is 9.59 Å². The van der Waals surface area contributed by atoms with Crippen LogP contribution in [0.15, 0.2) is 42.5 Å². The molecule has 1 heterocycles. The van der Waals surface area contributed by atoms with Crippen molar-refractivity contribution in [2.75, 3.05) is 23.9 Å². The van der Waals surface area contributed by atoms with Gasteiger partial charge in [-0.25, -0.2) is 0 Å². The second-order valence-corrected chi connectivity index (χ2v) is 7.40. The van der Waals surface area contributed by atoms with Gasteiger partial charge < -0.3 is 15.0 Å². The molecule has 6 heteroatoms. The van der Waals surface area contributed by atoms with E-state index in [0.717, 1.165) is 24.1 Å². The number of benzene rings is 2. The Labute approximate surface area is 163 Å². The fourth-order valence-corrected chi connectivity index (χ4v) is 4.00. The minimum Gasteiger partial charge on any atom is -0.494 e. The van der Waals surface area contributed by atoms with Crippen LogP contribution in [0.4, 0.5) is 11.4 Å². The smallest absolute Gasteiger partial charge is 0.228 e. The number of nitrogens with zero attached hydrogens (tertiary/aromatic N) is 1. The van der Waals surface area contributed by atoms with Crippen LogP contribution in [0.3, 0.4) is 0 Å². The number of hydrogen-bond donors (Lipinski definition) is 1. The molecule has 1 aliphatic carbocycles. The van der Waals surface area contributed by atoms with Gasteiger partial charge >= 0.3 is 0 Å². The molecule has 0 radical (unpaired) electrons. The third kappa shape index (κ3) is 3.52. The topological polar surface area (TPSA) is 58.6 Å². The summed E-state index contributed by atoms with van der Waals surface area (Å²) in [7, 11) is 1.57. The molecule has 2 atom stereocenters. The molecule has 140 valence electrons. The van der Waals surface area contributed by atoms with Gasteiger partial charge in [-0.15, -0.1) is 0 Å². The molecule has 1 N–H and O–H groups in total. The monoisotopic (exact) mass is 384 g/mol. The second-order valence-electron chi connectivity index (χ2n) is 7.00. The van der Waals surface area contributed by atoms with Crippen molar-refractivity contribution >= 4 is 34.8 Å². The molecule has 2 aliphatic rings. The van der Waals surface area contributed by atoms with E-state index in [-0.39, 0.29) is 23.7 Å². The Morgan fingerprint density at radius 1 is 1.26 bits per heavy atom. The quantitative estimate of drug-likeness (QED) is 0.839. The highest BCUT2D eigenvalue weighted by atomic mass is 35.5. The van der Waals surface area contributed by atoms with Gasteiger partial charge in [-0.05, 0) is 42.5 Å². The van der Waals surface area contributed by atoms with E-state index < -0.39 is 0 Å². The normalized spacial score (nSPS) is 21.3. The summed E-state index contributed by atoms with van der Waals surface area (Å²) < 4.78 is 5.45. The number of methoxy groups -OCH3 is 1. The van der Waals surface area contributed by atoms with E-state index in [1.54, 1.807) is 18.1 Å². The van der Waals surface area contributed by atoms with Gasteiger partial charge in [0.15, 0.2) is 0 Å². The molecule has 0 bridgehead atoms. The first kappa shape index (κ1) is 17.9. The van der Waals surface area contributed by atoms with Crippen LogP contribution in [0.5, 0.6) is 5.75 Å². The fraction of sp³-hybridized carbons (Fsp3) is 0.333. The number of anilines is 2. The summed E-state index contributed by atoms with van der Waals surface area (Å²) in [4.78, 5) is 26.3. The molecular weight excluding hydrogens is 364 g/mol. The van der Waals surface area contributed by atoms with Crippen molar-refractivity contribution in [3.63, 3.8) is 0 Å². The van der Waals surface area contributed by atoms with Crippen molar-refractivity contribution in [2.24, 2.45) is 5.92 Å². The van der Waals surface area contributed by atoms with E-state index in [2.05, 4.69) is 5.32 Å². The van der Waals surface area contributed by atoms with Crippen LogP contribution in [0, 0.1) is 5.92 Å². The lowest BCUT2D eigenvalue weighted by molar-refractivity contribution is -0.118. The Balaban J connectivity index is 1.46. The average molecular weight is 385 g/mol. The minimum atomic E-state index is -0.0734. The number of nitrogens with one attached hydrogen (secondary N) is 1. The number of ether oxygens (including phenoxy) is 1. The maximum absolute atomic E-state index is 12.6. The maximum atomic E-state index is 12.6. The van der Waals surface area contributed by atoms with E-state index in [0.29, 0.717) is 29.4 Å². The van der Waals surface area contributed by atoms with Crippen LogP contribution in [0.2, 0.25) is 5.02 Å². The van der Waals surface area contributed by atoms with Crippen LogP contribution in [0.1, 0.15) is 30.7 Å². The van der Waals surface area contributed by atoms with Gasteiger partial charge in [0.2, 0.25) is 11.8 Å². The first-order valence-corrected chi connectivity index (χ1v) is 9.50. The van der Waals surface area contributed by atoms with Crippen LogP contribution in [0.25, 0.3) is 0 Å². The van der Waals surface area contributed by atoms with Crippen molar-refractivity contribution < 1.29 is 14.3 Å². The van der Waals surface area contributed by atoms with E-state index in [1.165, 1.54) is 0 Å². The lowest BCUT2D eigenvalue weighted by atomic mass is 10.1. The molecule has 0 spiro atoms. The summed E-state index contributed by atoms with van der Waals surface area (Å²) in [5.74, 6) is 0.761.